The zero-order valence-corrected chi connectivity index (χ0v) is 12.6. The summed E-state index contributed by atoms with van der Waals surface area (Å²) in [7, 11) is 0. The maximum atomic E-state index is 11.9. The number of urea groups is 1. The van der Waals surface area contributed by atoms with Crippen molar-refractivity contribution in [1.29, 1.82) is 0 Å². The Labute approximate surface area is 126 Å². The van der Waals surface area contributed by atoms with Crippen molar-refractivity contribution < 1.29 is 9.90 Å². The Morgan fingerprint density at radius 2 is 2.19 bits per heavy atom. The Kier molecular flexibility index (Phi) is 5.87. The zero-order valence-electron chi connectivity index (χ0n) is 12.6. The number of benzene rings is 1. The maximum Gasteiger partial charge on any atom is 0.315 e. The predicted molar refractivity (Wildman–Crippen MR) is 84.5 cm³/mol. The van der Waals surface area contributed by atoms with E-state index in [1.807, 2.05) is 25.1 Å². The van der Waals surface area contributed by atoms with E-state index in [9.17, 15) is 4.79 Å². The van der Waals surface area contributed by atoms with Crippen LogP contribution in [0.4, 0.5) is 10.5 Å². The molecule has 2 amide bonds. The van der Waals surface area contributed by atoms with E-state index in [4.69, 9.17) is 5.11 Å². The quantitative estimate of drug-likeness (QED) is 0.774. The van der Waals surface area contributed by atoms with Gasteiger partial charge in [-0.15, -0.1) is 0 Å². The van der Waals surface area contributed by atoms with Crippen LogP contribution in [0.2, 0.25) is 0 Å². The van der Waals surface area contributed by atoms with Crippen LogP contribution in [0.5, 0.6) is 0 Å². The van der Waals surface area contributed by atoms with Crippen molar-refractivity contribution in [3.05, 3.63) is 30.3 Å². The molecule has 21 heavy (non-hydrogen) atoms. The summed E-state index contributed by atoms with van der Waals surface area (Å²) in [5, 5.41) is 14.7. The van der Waals surface area contributed by atoms with E-state index in [0.29, 0.717) is 6.42 Å². The minimum Gasteiger partial charge on any atom is -0.396 e. The first kappa shape index (κ1) is 15.6. The molecule has 1 aromatic rings. The second-order valence-corrected chi connectivity index (χ2v) is 5.65. The third-order valence-corrected chi connectivity index (χ3v) is 3.82. The van der Waals surface area contributed by atoms with Gasteiger partial charge in [-0.3, -0.25) is 0 Å². The van der Waals surface area contributed by atoms with Crippen molar-refractivity contribution in [2.75, 3.05) is 24.6 Å². The van der Waals surface area contributed by atoms with Gasteiger partial charge in [0.15, 0.2) is 0 Å². The number of para-hydroxylation sites is 1. The molecule has 5 heteroatoms. The van der Waals surface area contributed by atoms with Gasteiger partial charge in [0.05, 0.1) is 0 Å². The van der Waals surface area contributed by atoms with Gasteiger partial charge < -0.3 is 20.6 Å². The number of anilines is 1. The monoisotopic (exact) mass is 291 g/mol. The van der Waals surface area contributed by atoms with Crippen LogP contribution < -0.4 is 15.5 Å². The molecule has 1 fully saturated rings. The van der Waals surface area contributed by atoms with Gasteiger partial charge in [-0.2, -0.15) is 0 Å². The molecule has 1 aliphatic rings. The lowest BCUT2D eigenvalue weighted by atomic mass is 10.1. The van der Waals surface area contributed by atoms with E-state index in [1.54, 1.807) is 0 Å². The summed E-state index contributed by atoms with van der Waals surface area (Å²) in [5.41, 5.74) is 1.21. The minimum atomic E-state index is -0.143. The number of nitrogens with one attached hydrogen (secondary N) is 2. The summed E-state index contributed by atoms with van der Waals surface area (Å²) in [4.78, 5) is 14.2. The molecule has 0 aromatic heterocycles. The predicted octanol–water partition coefficient (Wildman–Crippen LogP) is 1.73. The lowest BCUT2D eigenvalue weighted by Gasteiger charge is -2.35. The molecule has 2 rings (SSSR count). The highest BCUT2D eigenvalue weighted by molar-refractivity contribution is 5.74. The SMILES string of the molecule is C[C@H](CCO)NC(=O)NC1CCCN(c2ccccc2)C1. The lowest BCUT2D eigenvalue weighted by molar-refractivity contribution is 0.226. The van der Waals surface area contributed by atoms with Gasteiger partial charge in [0.25, 0.3) is 0 Å². The molecule has 1 heterocycles. The van der Waals surface area contributed by atoms with Crippen LogP contribution >= 0.6 is 0 Å². The summed E-state index contributed by atoms with van der Waals surface area (Å²) in [5.74, 6) is 0. The normalized spacial score (nSPS) is 19.9. The van der Waals surface area contributed by atoms with Crippen molar-refractivity contribution >= 4 is 11.7 Å². The van der Waals surface area contributed by atoms with Crippen molar-refractivity contribution in [3.8, 4) is 0 Å². The molecule has 5 nitrogen and oxygen atoms in total. The van der Waals surface area contributed by atoms with Crippen molar-refractivity contribution in [3.63, 3.8) is 0 Å². The highest BCUT2D eigenvalue weighted by atomic mass is 16.3. The fraction of sp³-hybridized carbons (Fsp3) is 0.562. The van der Waals surface area contributed by atoms with Gasteiger partial charge in [0.1, 0.15) is 0 Å². The Bertz CT molecular complexity index is 438. The molecule has 0 spiro atoms. The largest absolute Gasteiger partial charge is 0.396 e. The summed E-state index contributed by atoms with van der Waals surface area (Å²) in [6.07, 6.45) is 2.66. The van der Waals surface area contributed by atoms with Gasteiger partial charge in [0, 0.05) is 37.5 Å². The van der Waals surface area contributed by atoms with E-state index in [0.717, 1.165) is 25.9 Å². The van der Waals surface area contributed by atoms with Crippen LogP contribution in [0.15, 0.2) is 30.3 Å². The number of aliphatic hydroxyl groups is 1. The number of hydrogen-bond acceptors (Lipinski definition) is 3. The van der Waals surface area contributed by atoms with Crippen LogP contribution in [0.1, 0.15) is 26.2 Å². The number of rotatable bonds is 5. The molecule has 0 saturated carbocycles. The molecular formula is C16H25N3O2. The topological polar surface area (TPSA) is 64.6 Å². The first-order chi connectivity index (χ1) is 10.2. The molecule has 1 saturated heterocycles. The van der Waals surface area contributed by atoms with Crippen LogP contribution in [0, 0.1) is 0 Å². The number of aliphatic hydroxyl groups excluding tert-OH is 1. The molecule has 0 bridgehead atoms. The van der Waals surface area contributed by atoms with Gasteiger partial charge in [-0.1, -0.05) is 18.2 Å². The van der Waals surface area contributed by atoms with E-state index in [-0.39, 0.29) is 24.7 Å². The molecule has 3 N–H and O–H groups in total. The van der Waals surface area contributed by atoms with Crippen LogP contribution in [0.25, 0.3) is 0 Å². The molecule has 1 aromatic carbocycles. The number of hydrogen-bond donors (Lipinski definition) is 3. The zero-order chi connectivity index (χ0) is 15.1. The summed E-state index contributed by atoms with van der Waals surface area (Å²) < 4.78 is 0. The van der Waals surface area contributed by atoms with E-state index in [1.165, 1.54) is 5.69 Å². The van der Waals surface area contributed by atoms with Gasteiger partial charge in [-0.25, -0.2) is 4.79 Å². The molecule has 116 valence electrons. The van der Waals surface area contributed by atoms with Crippen LogP contribution in [-0.2, 0) is 0 Å². The fourth-order valence-corrected chi connectivity index (χ4v) is 2.68. The molecule has 0 aliphatic carbocycles. The third kappa shape index (κ3) is 4.93. The number of carbonyl (C=O) groups is 1. The number of nitrogens with zero attached hydrogens (tertiary/aromatic N) is 1. The summed E-state index contributed by atoms with van der Waals surface area (Å²) in [6.45, 7) is 3.86. The first-order valence-corrected chi connectivity index (χ1v) is 7.67. The third-order valence-electron chi connectivity index (χ3n) is 3.82. The lowest BCUT2D eigenvalue weighted by Crippen LogP contribution is -2.52. The van der Waals surface area contributed by atoms with Crippen LogP contribution in [-0.4, -0.2) is 42.9 Å². The molecule has 2 atom stereocenters. The summed E-state index contributed by atoms with van der Waals surface area (Å²) in [6, 6.07) is 10.3. The Hall–Kier alpha value is -1.75. The van der Waals surface area contributed by atoms with Crippen molar-refractivity contribution in [2.45, 2.75) is 38.3 Å². The van der Waals surface area contributed by atoms with E-state index < -0.39 is 0 Å². The van der Waals surface area contributed by atoms with Crippen LogP contribution in [0.3, 0.4) is 0 Å². The van der Waals surface area contributed by atoms with Gasteiger partial charge in [-0.05, 0) is 38.3 Å². The highest BCUT2D eigenvalue weighted by Gasteiger charge is 2.21. The highest BCUT2D eigenvalue weighted by Crippen LogP contribution is 2.19. The average molecular weight is 291 g/mol. The molecular weight excluding hydrogens is 266 g/mol. The number of carbonyl (C=O) groups excluding carboxylic acids is 1. The standard InChI is InChI=1S/C16H25N3O2/c1-13(9-11-20)17-16(21)18-14-6-5-10-19(12-14)15-7-3-2-4-8-15/h2-4,7-8,13-14,20H,5-6,9-12H2,1H3,(H2,17,18,21)/t13-,14?/m1/s1. The van der Waals surface area contributed by atoms with Crippen molar-refractivity contribution in [1.82, 2.24) is 10.6 Å². The number of piperidine rings is 1. The second-order valence-electron chi connectivity index (χ2n) is 5.65. The fourth-order valence-electron chi connectivity index (χ4n) is 2.68. The molecule has 0 radical (unpaired) electrons. The molecule has 1 aliphatic heterocycles. The van der Waals surface area contributed by atoms with Gasteiger partial charge in [0.2, 0.25) is 0 Å². The number of amides is 2. The Balaban J connectivity index is 1.83. The van der Waals surface area contributed by atoms with E-state index >= 15 is 0 Å². The molecule has 1 unspecified atom stereocenters. The van der Waals surface area contributed by atoms with E-state index in [2.05, 4.69) is 27.7 Å². The Morgan fingerprint density at radius 1 is 1.43 bits per heavy atom. The van der Waals surface area contributed by atoms with Gasteiger partial charge >= 0.3 is 6.03 Å². The van der Waals surface area contributed by atoms with Crippen molar-refractivity contribution in [2.24, 2.45) is 0 Å². The Morgan fingerprint density at radius 3 is 2.90 bits per heavy atom. The summed E-state index contributed by atoms with van der Waals surface area (Å²) >= 11 is 0. The maximum absolute atomic E-state index is 11.9. The first-order valence-electron chi connectivity index (χ1n) is 7.67. The minimum absolute atomic E-state index is 0.0104. The second kappa shape index (κ2) is 7.88. The average Bonchev–Trinajstić information content (AvgIpc) is 2.48. The smallest absolute Gasteiger partial charge is 0.315 e.